The van der Waals surface area contributed by atoms with Crippen molar-refractivity contribution >= 4 is 5.78 Å². The monoisotopic (exact) mass is 170 g/mol. The van der Waals surface area contributed by atoms with E-state index in [0.29, 0.717) is 6.42 Å². The predicted octanol–water partition coefficient (Wildman–Crippen LogP) is 2.31. The Kier molecular flexibility index (Phi) is 3.27. The smallest absolute Gasteiger partial charge is 0.132 e. The molecule has 0 amide bonds. The highest BCUT2D eigenvalue weighted by molar-refractivity contribution is 5.76. The quantitative estimate of drug-likeness (QED) is 0.633. The van der Waals surface area contributed by atoms with Crippen molar-refractivity contribution in [2.75, 3.05) is 6.61 Å². The molecular weight excluding hydrogens is 152 g/mol. The molecular formula is C10H18O2. The van der Waals surface area contributed by atoms with Gasteiger partial charge in [-0.2, -0.15) is 0 Å². The number of carbonyl (C=O) groups excluding carboxylic acids is 1. The standard InChI is InChI=1S/C10H18O2/c1-3-7-12-10(5-4-6-10)8-9(2)11/h3-8H2,1-2H3. The molecule has 0 aromatic rings. The predicted molar refractivity (Wildman–Crippen MR) is 48.1 cm³/mol. The Morgan fingerprint density at radius 3 is 2.50 bits per heavy atom. The fourth-order valence-corrected chi connectivity index (χ4v) is 1.72. The molecule has 0 aliphatic heterocycles. The van der Waals surface area contributed by atoms with Crippen molar-refractivity contribution in [3.8, 4) is 0 Å². The average molecular weight is 170 g/mol. The Balaban J connectivity index is 2.34. The fourth-order valence-electron chi connectivity index (χ4n) is 1.72. The van der Waals surface area contributed by atoms with Gasteiger partial charge in [-0.05, 0) is 32.6 Å². The van der Waals surface area contributed by atoms with Crippen molar-refractivity contribution in [1.82, 2.24) is 0 Å². The van der Waals surface area contributed by atoms with Gasteiger partial charge in [0.15, 0.2) is 0 Å². The molecule has 1 rings (SSSR count). The zero-order valence-electron chi connectivity index (χ0n) is 8.06. The molecule has 0 aromatic heterocycles. The van der Waals surface area contributed by atoms with Crippen molar-refractivity contribution in [2.24, 2.45) is 0 Å². The number of ether oxygens (including phenoxy) is 1. The first kappa shape index (κ1) is 9.72. The van der Waals surface area contributed by atoms with E-state index in [1.165, 1.54) is 6.42 Å². The van der Waals surface area contributed by atoms with Gasteiger partial charge < -0.3 is 4.74 Å². The van der Waals surface area contributed by atoms with E-state index in [-0.39, 0.29) is 11.4 Å². The van der Waals surface area contributed by atoms with Crippen LogP contribution in [0.1, 0.15) is 46.0 Å². The number of hydrogen-bond donors (Lipinski definition) is 0. The van der Waals surface area contributed by atoms with Gasteiger partial charge in [-0.1, -0.05) is 6.92 Å². The summed E-state index contributed by atoms with van der Waals surface area (Å²) in [6, 6.07) is 0. The number of ketones is 1. The van der Waals surface area contributed by atoms with Crippen LogP contribution in [0.4, 0.5) is 0 Å². The fraction of sp³-hybridized carbons (Fsp3) is 0.900. The van der Waals surface area contributed by atoms with E-state index >= 15 is 0 Å². The number of hydrogen-bond acceptors (Lipinski definition) is 2. The highest BCUT2D eigenvalue weighted by Gasteiger charge is 2.38. The SMILES string of the molecule is CCCOC1(CC(C)=O)CCC1. The van der Waals surface area contributed by atoms with Crippen molar-refractivity contribution in [2.45, 2.75) is 51.6 Å². The van der Waals surface area contributed by atoms with Gasteiger partial charge in [-0.25, -0.2) is 0 Å². The molecule has 0 N–H and O–H groups in total. The summed E-state index contributed by atoms with van der Waals surface area (Å²) in [5.74, 6) is 0.255. The largest absolute Gasteiger partial charge is 0.375 e. The molecule has 0 atom stereocenters. The van der Waals surface area contributed by atoms with Crippen molar-refractivity contribution in [3.63, 3.8) is 0 Å². The van der Waals surface area contributed by atoms with E-state index in [1.807, 2.05) is 0 Å². The first-order chi connectivity index (χ1) is 5.68. The normalized spacial score (nSPS) is 20.2. The minimum Gasteiger partial charge on any atom is -0.375 e. The second-order valence-corrected chi connectivity index (χ2v) is 3.76. The Morgan fingerprint density at radius 1 is 1.50 bits per heavy atom. The van der Waals surface area contributed by atoms with Gasteiger partial charge in [0.1, 0.15) is 5.78 Å². The first-order valence-electron chi connectivity index (χ1n) is 4.82. The lowest BCUT2D eigenvalue weighted by Gasteiger charge is -2.41. The summed E-state index contributed by atoms with van der Waals surface area (Å²) >= 11 is 0. The second kappa shape index (κ2) is 4.04. The Morgan fingerprint density at radius 2 is 2.17 bits per heavy atom. The van der Waals surface area contributed by atoms with Crippen LogP contribution < -0.4 is 0 Å². The van der Waals surface area contributed by atoms with E-state index in [4.69, 9.17) is 4.74 Å². The molecule has 0 radical (unpaired) electrons. The summed E-state index contributed by atoms with van der Waals surface area (Å²) in [6.45, 7) is 4.54. The molecule has 2 heteroatoms. The molecule has 1 aliphatic carbocycles. The van der Waals surface area contributed by atoms with E-state index < -0.39 is 0 Å². The summed E-state index contributed by atoms with van der Waals surface area (Å²) < 4.78 is 5.70. The summed E-state index contributed by atoms with van der Waals surface area (Å²) in [4.78, 5) is 10.9. The van der Waals surface area contributed by atoms with Crippen LogP contribution in [0.5, 0.6) is 0 Å². The van der Waals surface area contributed by atoms with Crippen LogP contribution in [0.25, 0.3) is 0 Å². The van der Waals surface area contributed by atoms with Crippen LogP contribution in [-0.4, -0.2) is 18.0 Å². The topological polar surface area (TPSA) is 26.3 Å². The summed E-state index contributed by atoms with van der Waals surface area (Å²) in [5.41, 5.74) is -0.0537. The van der Waals surface area contributed by atoms with E-state index in [9.17, 15) is 4.79 Å². The second-order valence-electron chi connectivity index (χ2n) is 3.76. The minimum absolute atomic E-state index is 0.0537. The number of carbonyl (C=O) groups is 1. The van der Waals surface area contributed by atoms with Crippen LogP contribution in [0.3, 0.4) is 0 Å². The van der Waals surface area contributed by atoms with Gasteiger partial charge in [0.05, 0.1) is 5.60 Å². The summed E-state index contributed by atoms with van der Waals surface area (Å²) in [6.07, 6.45) is 5.03. The summed E-state index contributed by atoms with van der Waals surface area (Å²) in [7, 11) is 0. The number of rotatable bonds is 5. The molecule has 0 saturated heterocycles. The Bertz CT molecular complexity index is 159. The third-order valence-corrected chi connectivity index (χ3v) is 2.45. The van der Waals surface area contributed by atoms with Crippen LogP contribution in [0, 0.1) is 0 Å². The van der Waals surface area contributed by atoms with Crippen LogP contribution >= 0.6 is 0 Å². The molecule has 0 bridgehead atoms. The lowest BCUT2D eigenvalue weighted by molar-refractivity contribution is -0.136. The Hall–Kier alpha value is -0.370. The molecule has 2 nitrogen and oxygen atoms in total. The molecule has 1 saturated carbocycles. The maximum atomic E-state index is 10.9. The molecule has 12 heavy (non-hydrogen) atoms. The van der Waals surface area contributed by atoms with Crippen molar-refractivity contribution in [1.29, 1.82) is 0 Å². The van der Waals surface area contributed by atoms with Crippen LogP contribution in [-0.2, 0) is 9.53 Å². The van der Waals surface area contributed by atoms with Crippen molar-refractivity contribution in [3.05, 3.63) is 0 Å². The van der Waals surface area contributed by atoms with Crippen LogP contribution in [0.15, 0.2) is 0 Å². The molecule has 0 unspecified atom stereocenters. The zero-order valence-corrected chi connectivity index (χ0v) is 8.06. The van der Waals surface area contributed by atoms with E-state index in [0.717, 1.165) is 25.9 Å². The third kappa shape index (κ3) is 2.31. The highest BCUT2D eigenvalue weighted by atomic mass is 16.5. The van der Waals surface area contributed by atoms with Gasteiger partial charge >= 0.3 is 0 Å². The molecule has 70 valence electrons. The molecule has 0 heterocycles. The third-order valence-electron chi connectivity index (χ3n) is 2.45. The molecule has 1 aliphatic rings. The minimum atomic E-state index is -0.0537. The summed E-state index contributed by atoms with van der Waals surface area (Å²) in [5, 5.41) is 0. The highest BCUT2D eigenvalue weighted by Crippen LogP contribution is 2.38. The van der Waals surface area contributed by atoms with Gasteiger partial charge in [-0.3, -0.25) is 4.79 Å². The number of Topliss-reactive ketones (excluding diaryl/α,β-unsaturated/α-hetero) is 1. The molecule has 0 aromatic carbocycles. The lowest BCUT2D eigenvalue weighted by Crippen LogP contribution is -2.42. The van der Waals surface area contributed by atoms with E-state index in [2.05, 4.69) is 6.92 Å². The van der Waals surface area contributed by atoms with Gasteiger partial charge in [0, 0.05) is 13.0 Å². The maximum absolute atomic E-state index is 10.9. The zero-order chi connectivity index (χ0) is 9.03. The first-order valence-corrected chi connectivity index (χ1v) is 4.82. The van der Waals surface area contributed by atoms with E-state index in [1.54, 1.807) is 6.92 Å². The average Bonchev–Trinajstić information content (AvgIpc) is 1.94. The molecule has 1 fully saturated rings. The van der Waals surface area contributed by atoms with Crippen LogP contribution in [0.2, 0.25) is 0 Å². The van der Waals surface area contributed by atoms with Crippen molar-refractivity contribution < 1.29 is 9.53 Å². The van der Waals surface area contributed by atoms with Gasteiger partial charge in [-0.15, -0.1) is 0 Å². The Labute approximate surface area is 74.3 Å². The molecule has 0 spiro atoms. The van der Waals surface area contributed by atoms with Gasteiger partial charge in [0.2, 0.25) is 0 Å². The maximum Gasteiger partial charge on any atom is 0.132 e. The lowest BCUT2D eigenvalue weighted by atomic mass is 9.76. The van der Waals surface area contributed by atoms with Gasteiger partial charge in [0.25, 0.3) is 0 Å².